The molecule has 0 fully saturated rings. The number of carbonyl (C=O) groups is 8. The predicted octanol–water partition coefficient (Wildman–Crippen LogP) is 4.38. The Balaban J connectivity index is 2.68. The summed E-state index contributed by atoms with van der Waals surface area (Å²) < 4.78 is 27.0. The van der Waals surface area contributed by atoms with Gasteiger partial charge in [-0.1, -0.05) is 6.08 Å². The highest BCUT2D eigenvalue weighted by Crippen LogP contribution is 2.41. The molecular weight excluding hydrogens is 720 g/mol. The SMILES string of the molecule is C=CC[C@]1(C(=O)OCC)C(=O)C(C)=C(CNC(=O)C[C@]2(C(=O)OCC)C(=O)C(C)=C(CNC(=O)OC(C)(C)C)N2C(=O)OC(C)(C)C)N1C(=O)OC(C)(C)C. The normalized spacial score (nSPS) is 20.3. The lowest BCUT2D eigenvalue weighted by atomic mass is 9.88. The largest absolute Gasteiger partial charge is 0.464 e. The van der Waals surface area contributed by atoms with Crippen LogP contribution in [0.2, 0.25) is 0 Å². The van der Waals surface area contributed by atoms with E-state index in [2.05, 4.69) is 17.2 Å². The van der Waals surface area contributed by atoms with Gasteiger partial charge in [0.2, 0.25) is 17.0 Å². The fourth-order valence-corrected chi connectivity index (χ4v) is 5.98. The second kappa shape index (κ2) is 17.1. The Labute approximate surface area is 322 Å². The molecule has 0 unspecified atom stereocenters. The highest BCUT2D eigenvalue weighted by atomic mass is 16.6. The quantitative estimate of drug-likeness (QED) is 0.122. The second-order valence-corrected chi connectivity index (χ2v) is 15.9. The van der Waals surface area contributed by atoms with Gasteiger partial charge in [-0.05, 0) is 90.0 Å². The number of hydrogen-bond donors (Lipinski definition) is 2. The van der Waals surface area contributed by atoms with Gasteiger partial charge in [0.25, 0.3) is 0 Å². The van der Waals surface area contributed by atoms with Crippen molar-refractivity contribution in [2.75, 3.05) is 26.3 Å². The fourth-order valence-electron chi connectivity index (χ4n) is 5.98. The Morgan fingerprint density at radius 3 is 1.44 bits per heavy atom. The lowest BCUT2D eigenvalue weighted by Gasteiger charge is -2.37. The van der Waals surface area contributed by atoms with Crippen LogP contribution in [0.1, 0.15) is 103 Å². The van der Waals surface area contributed by atoms with Gasteiger partial charge >= 0.3 is 30.2 Å². The third-order valence-electron chi connectivity index (χ3n) is 8.09. The molecule has 306 valence electrons. The van der Waals surface area contributed by atoms with Crippen molar-refractivity contribution in [1.82, 2.24) is 20.4 Å². The predicted molar refractivity (Wildman–Crippen MR) is 197 cm³/mol. The minimum atomic E-state index is -2.66. The van der Waals surface area contributed by atoms with Crippen LogP contribution >= 0.6 is 0 Å². The molecule has 0 spiro atoms. The summed E-state index contributed by atoms with van der Waals surface area (Å²) in [5.74, 6) is -5.11. The molecule has 2 aliphatic heterocycles. The van der Waals surface area contributed by atoms with E-state index in [1.807, 2.05) is 0 Å². The van der Waals surface area contributed by atoms with Gasteiger partial charge in [0, 0.05) is 17.6 Å². The molecule has 0 aromatic heterocycles. The summed E-state index contributed by atoms with van der Waals surface area (Å²) in [4.78, 5) is 112. The Morgan fingerprint density at radius 1 is 0.655 bits per heavy atom. The number of esters is 2. The molecule has 2 N–H and O–H groups in total. The first-order valence-electron chi connectivity index (χ1n) is 17.9. The summed E-state index contributed by atoms with van der Waals surface area (Å²) in [6, 6.07) is 0. The van der Waals surface area contributed by atoms with Crippen molar-refractivity contribution < 1.29 is 62.0 Å². The van der Waals surface area contributed by atoms with E-state index in [4.69, 9.17) is 23.7 Å². The summed E-state index contributed by atoms with van der Waals surface area (Å²) in [6.45, 7) is 22.2. The molecule has 17 nitrogen and oxygen atoms in total. The third kappa shape index (κ3) is 10.1. The van der Waals surface area contributed by atoms with Crippen LogP contribution in [0.15, 0.2) is 35.2 Å². The van der Waals surface area contributed by atoms with Crippen molar-refractivity contribution in [3.8, 4) is 0 Å². The summed E-state index contributed by atoms with van der Waals surface area (Å²) in [7, 11) is 0. The average Bonchev–Trinajstić information content (AvgIpc) is 3.37. The number of amides is 4. The lowest BCUT2D eigenvalue weighted by molar-refractivity contribution is -0.161. The molecule has 17 heteroatoms. The number of hydrogen-bond acceptors (Lipinski definition) is 13. The maximum atomic E-state index is 14.3. The number of ether oxygens (including phenoxy) is 5. The smallest absolute Gasteiger partial charge is 0.416 e. The average molecular weight is 777 g/mol. The van der Waals surface area contributed by atoms with Crippen LogP contribution in [0, 0.1) is 0 Å². The Morgan fingerprint density at radius 2 is 1.04 bits per heavy atom. The van der Waals surface area contributed by atoms with Crippen molar-refractivity contribution >= 4 is 47.7 Å². The Bertz CT molecular complexity index is 1680. The van der Waals surface area contributed by atoms with Crippen LogP contribution in [0.4, 0.5) is 14.4 Å². The third-order valence-corrected chi connectivity index (χ3v) is 8.09. The minimum absolute atomic E-state index is 0.0819. The second-order valence-electron chi connectivity index (χ2n) is 15.9. The zero-order valence-electron chi connectivity index (χ0n) is 34.2. The van der Waals surface area contributed by atoms with Gasteiger partial charge in [-0.25, -0.2) is 24.0 Å². The summed E-state index contributed by atoms with van der Waals surface area (Å²) >= 11 is 0. The molecule has 0 radical (unpaired) electrons. The zero-order chi connectivity index (χ0) is 42.5. The van der Waals surface area contributed by atoms with E-state index in [9.17, 15) is 38.4 Å². The van der Waals surface area contributed by atoms with E-state index in [1.165, 1.54) is 33.8 Å². The lowest BCUT2D eigenvalue weighted by Crippen LogP contribution is -2.62. The number of Topliss-reactive ketones (excluding diaryl/α,β-unsaturated/α-hetero) is 2. The van der Waals surface area contributed by atoms with Gasteiger partial charge in [-0.15, -0.1) is 6.58 Å². The fraction of sp³-hybridized carbons (Fsp3) is 0.632. The Hall–Kier alpha value is -5.22. The van der Waals surface area contributed by atoms with Gasteiger partial charge < -0.3 is 34.3 Å². The van der Waals surface area contributed by atoms with Gasteiger partial charge in [-0.3, -0.25) is 24.2 Å². The van der Waals surface area contributed by atoms with Gasteiger partial charge in [-0.2, -0.15) is 0 Å². The molecule has 0 aromatic rings. The van der Waals surface area contributed by atoms with Crippen LogP contribution < -0.4 is 10.6 Å². The first-order valence-corrected chi connectivity index (χ1v) is 17.9. The molecule has 4 amide bonds. The summed E-state index contributed by atoms with van der Waals surface area (Å²) in [6.07, 6.45) is -3.31. The zero-order valence-corrected chi connectivity index (χ0v) is 34.2. The van der Waals surface area contributed by atoms with E-state index in [-0.39, 0.29) is 42.2 Å². The molecule has 55 heavy (non-hydrogen) atoms. The number of alkyl carbamates (subject to hydrolysis) is 1. The number of ketones is 2. The monoisotopic (exact) mass is 776 g/mol. The standard InChI is InChI=1S/C38H56N4O13/c1-15-18-37(29(46)51-16-2)27(44)22(4)24(41(37)32(49)54-35(9,10)11)20-39-26(43)19-38(30(47)52-17-3)28(45)23(5)25(21-40-31(48)53-34(6,7)8)42(38)33(50)55-36(12,13)14/h15H,1,16-21H2,2-14H3,(H,39,43)(H,40,48)/t37-,38-/m1/s1. The van der Waals surface area contributed by atoms with Gasteiger partial charge in [0.1, 0.15) is 16.8 Å². The van der Waals surface area contributed by atoms with E-state index in [1.54, 1.807) is 62.3 Å². The maximum absolute atomic E-state index is 14.3. The number of nitrogens with one attached hydrogen (secondary N) is 2. The van der Waals surface area contributed by atoms with E-state index in [0.717, 1.165) is 4.90 Å². The first kappa shape index (κ1) is 45.9. The van der Waals surface area contributed by atoms with Crippen molar-refractivity contribution in [1.29, 1.82) is 0 Å². The Kier molecular flexibility index (Phi) is 14.3. The summed E-state index contributed by atoms with van der Waals surface area (Å²) in [5, 5.41) is 5.01. The molecule has 2 rings (SSSR count). The topological polar surface area (TPSA) is 213 Å². The number of carbonyl (C=O) groups excluding carboxylic acids is 8. The number of nitrogens with zero attached hydrogens (tertiary/aromatic N) is 2. The highest BCUT2D eigenvalue weighted by Gasteiger charge is 2.63. The molecule has 0 aliphatic carbocycles. The molecule has 0 aromatic carbocycles. The van der Waals surface area contributed by atoms with Crippen molar-refractivity contribution in [3.63, 3.8) is 0 Å². The van der Waals surface area contributed by atoms with Crippen molar-refractivity contribution in [3.05, 3.63) is 35.2 Å². The highest BCUT2D eigenvalue weighted by molar-refractivity contribution is 6.23. The first-order chi connectivity index (χ1) is 25.1. The molecule has 0 saturated carbocycles. The molecule has 2 atom stereocenters. The van der Waals surface area contributed by atoms with Crippen LogP contribution in [0.5, 0.6) is 0 Å². The van der Waals surface area contributed by atoms with E-state index >= 15 is 0 Å². The van der Waals surface area contributed by atoms with Crippen molar-refractivity contribution in [2.45, 2.75) is 131 Å². The molecular formula is C38H56N4O13. The number of rotatable bonds is 12. The van der Waals surface area contributed by atoms with Crippen LogP contribution in [0.3, 0.4) is 0 Å². The van der Waals surface area contributed by atoms with E-state index in [0.29, 0.717) is 4.90 Å². The molecule has 0 bridgehead atoms. The molecule has 2 aliphatic rings. The van der Waals surface area contributed by atoms with Crippen LogP contribution in [-0.4, -0.2) is 112 Å². The minimum Gasteiger partial charge on any atom is -0.464 e. The molecule has 0 saturated heterocycles. The van der Waals surface area contributed by atoms with Gasteiger partial charge in [0.15, 0.2) is 11.6 Å². The maximum Gasteiger partial charge on any atom is 0.416 e. The van der Waals surface area contributed by atoms with Crippen LogP contribution in [0.25, 0.3) is 0 Å². The van der Waals surface area contributed by atoms with Crippen LogP contribution in [-0.2, 0) is 47.7 Å². The van der Waals surface area contributed by atoms with Gasteiger partial charge in [0.05, 0.1) is 44.1 Å². The van der Waals surface area contributed by atoms with Crippen molar-refractivity contribution in [2.24, 2.45) is 0 Å². The summed E-state index contributed by atoms with van der Waals surface area (Å²) in [5.41, 5.74) is -8.56. The van der Waals surface area contributed by atoms with E-state index < -0.39 is 95.1 Å². The molecule has 2 heterocycles.